The van der Waals surface area contributed by atoms with Gasteiger partial charge < -0.3 is 5.32 Å². The highest BCUT2D eigenvalue weighted by atomic mass is 35.5. The smallest absolute Gasteiger partial charge is 0.264 e. The minimum absolute atomic E-state index is 0.110. The molecule has 0 atom stereocenters. The molecule has 2 amide bonds. The number of hydrogen-bond acceptors (Lipinski definition) is 6. The van der Waals surface area contributed by atoms with Crippen LogP contribution in [-0.4, -0.2) is 35.0 Å². The molecule has 0 saturated carbocycles. The Morgan fingerprint density at radius 2 is 1.70 bits per heavy atom. The second-order valence-electron chi connectivity index (χ2n) is 7.16. The van der Waals surface area contributed by atoms with E-state index in [1.165, 1.54) is 30.5 Å². The van der Waals surface area contributed by atoms with E-state index in [2.05, 4.69) is 15.4 Å². The lowest BCUT2D eigenvalue weighted by Gasteiger charge is -2.09. The normalized spacial score (nSPS) is 11.4. The van der Waals surface area contributed by atoms with Crippen LogP contribution in [0.3, 0.4) is 0 Å². The Labute approximate surface area is 194 Å². The second kappa shape index (κ2) is 8.64. The molecule has 0 aliphatic carbocycles. The van der Waals surface area contributed by atoms with Crippen LogP contribution >= 0.6 is 11.6 Å². The van der Waals surface area contributed by atoms with Gasteiger partial charge in [-0.1, -0.05) is 29.8 Å². The quantitative estimate of drug-likeness (QED) is 0.448. The molecule has 168 valence electrons. The van der Waals surface area contributed by atoms with Crippen molar-refractivity contribution in [1.29, 1.82) is 0 Å². The van der Waals surface area contributed by atoms with Crippen LogP contribution in [0.15, 0.2) is 65.7 Å². The Kier molecular flexibility index (Phi) is 5.88. The van der Waals surface area contributed by atoms with Gasteiger partial charge in [-0.15, -0.1) is 0 Å². The van der Waals surface area contributed by atoms with Gasteiger partial charge in [-0.05, 0) is 43.3 Å². The SMILES string of the molecule is CC(=O)NS(=O)(=O)c1ccc(NC(=O)c2cnc3c(c(C)nn3-c3ccccc3)c2Cl)cc1. The third-order valence-electron chi connectivity index (χ3n) is 4.75. The zero-order chi connectivity index (χ0) is 23.8. The summed E-state index contributed by atoms with van der Waals surface area (Å²) in [5, 5.41) is 7.95. The summed E-state index contributed by atoms with van der Waals surface area (Å²) in [6.07, 6.45) is 1.37. The lowest BCUT2D eigenvalue weighted by atomic mass is 10.2. The van der Waals surface area contributed by atoms with Gasteiger partial charge >= 0.3 is 0 Å². The van der Waals surface area contributed by atoms with E-state index >= 15 is 0 Å². The molecule has 0 radical (unpaired) electrons. The first-order chi connectivity index (χ1) is 15.7. The van der Waals surface area contributed by atoms with Crippen LogP contribution in [-0.2, 0) is 14.8 Å². The van der Waals surface area contributed by atoms with Crippen LogP contribution in [0.25, 0.3) is 16.7 Å². The molecule has 33 heavy (non-hydrogen) atoms. The number of nitrogens with zero attached hydrogens (tertiary/aromatic N) is 3. The van der Waals surface area contributed by atoms with Gasteiger partial charge in [0.15, 0.2) is 5.65 Å². The number of anilines is 1. The van der Waals surface area contributed by atoms with Crippen LogP contribution in [0.2, 0.25) is 5.02 Å². The Morgan fingerprint density at radius 3 is 2.33 bits per heavy atom. The van der Waals surface area contributed by atoms with E-state index in [0.717, 1.165) is 12.6 Å². The number of fused-ring (bicyclic) bond motifs is 1. The maximum atomic E-state index is 12.9. The number of pyridine rings is 1. The number of aromatic nitrogens is 3. The van der Waals surface area contributed by atoms with Crippen molar-refractivity contribution in [3.63, 3.8) is 0 Å². The van der Waals surface area contributed by atoms with E-state index in [1.807, 2.05) is 35.1 Å². The molecule has 0 bridgehead atoms. The van der Waals surface area contributed by atoms with Crippen LogP contribution < -0.4 is 10.0 Å². The molecule has 2 heterocycles. The minimum Gasteiger partial charge on any atom is -0.322 e. The second-order valence-corrected chi connectivity index (χ2v) is 9.22. The molecule has 0 aliphatic rings. The maximum absolute atomic E-state index is 12.9. The lowest BCUT2D eigenvalue weighted by Crippen LogP contribution is -2.28. The van der Waals surface area contributed by atoms with Crippen molar-refractivity contribution in [3.8, 4) is 5.69 Å². The van der Waals surface area contributed by atoms with E-state index in [0.29, 0.717) is 22.4 Å². The monoisotopic (exact) mass is 483 g/mol. The van der Waals surface area contributed by atoms with Crippen molar-refractivity contribution in [1.82, 2.24) is 19.5 Å². The molecule has 0 saturated heterocycles. The lowest BCUT2D eigenvalue weighted by molar-refractivity contribution is -0.117. The number of amides is 2. The summed E-state index contributed by atoms with van der Waals surface area (Å²) in [5.41, 5.74) is 2.44. The number of halogens is 1. The van der Waals surface area contributed by atoms with E-state index in [1.54, 1.807) is 11.6 Å². The predicted octanol–water partition coefficient (Wildman–Crippen LogP) is 3.46. The Bertz CT molecular complexity index is 1480. The van der Waals surface area contributed by atoms with Gasteiger partial charge in [0, 0.05) is 18.8 Å². The van der Waals surface area contributed by atoms with Crippen molar-refractivity contribution < 1.29 is 18.0 Å². The summed E-state index contributed by atoms with van der Waals surface area (Å²) < 4.78 is 27.6. The molecule has 11 heteroatoms. The molecule has 2 aromatic heterocycles. The summed E-state index contributed by atoms with van der Waals surface area (Å²) in [6, 6.07) is 14.8. The maximum Gasteiger partial charge on any atom is 0.264 e. The van der Waals surface area contributed by atoms with Crippen LogP contribution in [0.4, 0.5) is 5.69 Å². The summed E-state index contributed by atoms with van der Waals surface area (Å²) in [5.74, 6) is -1.21. The van der Waals surface area contributed by atoms with Crippen LogP contribution in [0.5, 0.6) is 0 Å². The summed E-state index contributed by atoms with van der Waals surface area (Å²) in [6.45, 7) is 2.89. The molecule has 4 rings (SSSR count). The third-order valence-corrected chi connectivity index (χ3v) is 6.60. The zero-order valence-electron chi connectivity index (χ0n) is 17.5. The molecule has 0 fully saturated rings. The predicted molar refractivity (Wildman–Crippen MR) is 124 cm³/mol. The van der Waals surface area contributed by atoms with Gasteiger partial charge in [-0.3, -0.25) is 9.59 Å². The summed E-state index contributed by atoms with van der Waals surface area (Å²) in [7, 11) is -3.97. The number of carbonyl (C=O) groups excluding carboxylic acids is 2. The van der Waals surface area contributed by atoms with Gasteiger partial charge in [-0.2, -0.15) is 5.10 Å². The number of para-hydroxylation sites is 1. The summed E-state index contributed by atoms with van der Waals surface area (Å²) in [4.78, 5) is 28.2. The molecule has 9 nitrogen and oxygen atoms in total. The van der Waals surface area contributed by atoms with Gasteiger partial charge in [0.25, 0.3) is 15.9 Å². The number of rotatable bonds is 5. The first kappa shape index (κ1) is 22.4. The van der Waals surface area contributed by atoms with E-state index in [-0.39, 0.29) is 15.5 Å². The number of aryl methyl sites for hydroxylation is 1. The molecule has 4 aromatic rings. The highest BCUT2D eigenvalue weighted by Gasteiger charge is 2.21. The largest absolute Gasteiger partial charge is 0.322 e. The molecule has 2 aromatic carbocycles. The third kappa shape index (κ3) is 4.43. The number of hydrogen-bond donors (Lipinski definition) is 2. The van der Waals surface area contributed by atoms with Crippen molar-refractivity contribution in [2.24, 2.45) is 0 Å². The van der Waals surface area contributed by atoms with Gasteiger partial charge in [0.1, 0.15) is 0 Å². The standard InChI is InChI=1S/C22H18ClN5O4S/c1-13-19-20(23)18(12-24-21(19)28(26-13)16-6-4-3-5-7-16)22(30)25-15-8-10-17(11-9-15)33(31,32)27-14(2)29/h3-12H,1-2H3,(H,25,30)(H,27,29). The first-order valence-electron chi connectivity index (χ1n) is 9.71. The fourth-order valence-electron chi connectivity index (χ4n) is 3.28. The molecule has 0 spiro atoms. The highest BCUT2D eigenvalue weighted by Crippen LogP contribution is 2.30. The van der Waals surface area contributed by atoms with E-state index in [9.17, 15) is 18.0 Å². The minimum atomic E-state index is -3.97. The first-order valence-corrected chi connectivity index (χ1v) is 11.6. The van der Waals surface area contributed by atoms with Crippen LogP contribution in [0.1, 0.15) is 23.0 Å². The fraction of sp³-hybridized carbons (Fsp3) is 0.0909. The van der Waals surface area contributed by atoms with E-state index in [4.69, 9.17) is 11.6 Å². The zero-order valence-corrected chi connectivity index (χ0v) is 19.1. The average Bonchev–Trinajstić information content (AvgIpc) is 3.11. The fourth-order valence-corrected chi connectivity index (χ4v) is 4.63. The molecular formula is C22H18ClN5O4S. The average molecular weight is 484 g/mol. The van der Waals surface area contributed by atoms with Gasteiger partial charge in [0.2, 0.25) is 5.91 Å². The Hall–Kier alpha value is -3.76. The van der Waals surface area contributed by atoms with Gasteiger partial charge in [0.05, 0.1) is 32.2 Å². The number of benzene rings is 2. The number of sulfonamides is 1. The number of nitrogens with one attached hydrogen (secondary N) is 2. The molecule has 2 N–H and O–H groups in total. The van der Waals surface area contributed by atoms with Crippen molar-refractivity contribution in [3.05, 3.63) is 77.1 Å². The summed E-state index contributed by atoms with van der Waals surface area (Å²) >= 11 is 6.57. The highest BCUT2D eigenvalue weighted by molar-refractivity contribution is 7.90. The topological polar surface area (TPSA) is 123 Å². The molecule has 0 aliphatic heterocycles. The van der Waals surface area contributed by atoms with Crippen molar-refractivity contribution >= 4 is 50.2 Å². The van der Waals surface area contributed by atoms with Crippen LogP contribution in [0, 0.1) is 6.92 Å². The molecular weight excluding hydrogens is 466 g/mol. The number of carbonyl (C=O) groups is 2. The van der Waals surface area contributed by atoms with Gasteiger partial charge in [-0.25, -0.2) is 22.8 Å². The Morgan fingerprint density at radius 1 is 1.03 bits per heavy atom. The molecule has 0 unspecified atom stereocenters. The van der Waals surface area contributed by atoms with Crippen molar-refractivity contribution in [2.75, 3.05) is 5.32 Å². The Balaban J connectivity index is 1.62. The van der Waals surface area contributed by atoms with Crippen molar-refractivity contribution in [2.45, 2.75) is 18.7 Å². The van der Waals surface area contributed by atoms with E-state index < -0.39 is 21.8 Å².